The third kappa shape index (κ3) is 3.37. The lowest BCUT2D eigenvalue weighted by Crippen LogP contribution is -2.23. The van der Waals surface area contributed by atoms with E-state index in [0.29, 0.717) is 11.4 Å². The Morgan fingerprint density at radius 2 is 2.22 bits per heavy atom. The molecule has 2 aromatic heterocycles. The summed E-state index contributed by atoms with van der Waals surface area (Å²) in [4.78, 5) is 14.9. The fourth-order valence-electron chi connectivity index (χ4n) is 1.91. The molecule has 0 aliphatic heterocycles. The third-order valence-electron chi connectivity index (χ3n) is 3.01. The first-order valence-corrected chi connectivity index (χ1v) is 7.24. The molecule has 118 valence electrons. The number of rotatable bonds is 5. The highest BCUT2D eigenvalue weighted by Gasteiger charge is 2.09. The van der Waals surface area contributed by atoms with Crippen LogP contribution in [-0.4, -0.2) is 41.4 Å². The van der Waals surface area contributed by atoms with Gasteiger partial charge in [-0.1, -0.05) is 5.21 Å². The van der Waals surface area contributed by atoms with Crippen molar-refractivity contribution < 1.29 is 9.18 Å². The number of benzene rings is 1. The van der Waals surface area contributed by atoms with E-state index in [4.69, 9.17) is 0 Å². The fraction of sp³-hybridized carbons (Fsp3) is 0.154. The van der Waals surface area contributed by atoms with Gasteiger partial charge >= 0.3 is 0 Å². The Kier molecular flexibility index (Phi) is 4.33. The molecular weight excluding hydrogens is 321 g/mol. The van der Waals surface area contributed by atoms with E-state index in [-0.39, 0.29) is 23.9 Å². The van der Waals surface area contributed by atoms with E-state index in [1.165, 1.54) is 28.1 Å². The quantitative estimate of drug-likeness (QED) is 0.665. The maximum atomic E-state index is 14.2. The molecule has 0 bridgehead atoms. The Morgan fingerprint density at radius 3 is 2.91 bits per heavy atom. The molecule has 0 aliphatic rings. The van der Waals surface area contributed by atoms with Gasteiger partial charge in [0.1, 0.15) is 24.0 Å². The van der Waals surface area contributed by atoms with E-state index in [2.05, 4.69) is 38.3 Å². The van der Waals surface area contributed by atoms with Gasteiger partial charge in [0.05, 0.1) is 24.2 Å². The summed E-state index contributed by atoms with van der Waals surface area (Å²) < 4.78 is 16.9. The molecule has 1 N–H and O–H groups in total. The highest BCUT2D eigenvalue weighted by atomic mass is 32.1. The molecule has 0 fully saturated rings. The van der Waals surface area contributed by atoms with Gasteiger partial charge in [-0.2, -0.15) is 17.7 Å². The minimum absolute atomic E-state index is 0.100. The van der Waals surface area contributed by atoms with Gasteiger partial charge in [0.15, 0.2) is 5.82 Å². The van der Waals surface area contributed by atoms with E-state index in [1.807, 2.05) is 0 Å². The molecule has 0 unspecified atom stereocenters. The van der Waals surface area contributed by atoms with Crippen molar-refractivity contribution in [1.82, 2.24) is 35.1 Å². The van der Waals surface area contributed by atoms with Crippen molar-refractivity contribution in [2.75, 3.05) is 5.75 Å². The second-order valence-corrected chi connectivity index (χ2v) is 4.88. The Hall–Kier alpha value is -2.75. The summed E-state index contributed by atoms with van der Waals surface area (Å²) in [6.45, 7) is 0.235. The summed E-state index contributed by atoms with van der Waals surface area (Å²) in [7, 11) is 0. The molecule has 3 rings (SSSR count). The molecule has 2 heterocycles. The predicted molar refractivity (Wildman–Crippen MR) is 81.9 cm³/mol. The van der Waals surface area contributed by atoms with Crippen molar-refractivity contribution in [2.45, 2.75) is 6.54 Å². The molecule has 0 aliphatic carbocycles. The first-order chi connectivity index (χ1) is 11.2. The minimum atomic E-state index is -0.464. The lowest BCUT2D eigenvalue weighted by molar-refractivity contribution is -0.118. The van der Waals surface area contributed by atoms with Gasteiger partial charge in [-0.15, -0.1) is 5.10 Å². The monoisotopic (exact) mass is 333 g/mol. The van der Waals surface area contributed by atoms with Gasteiger partial charge in [-0.05, 0) is 12.1 Å². The normalized spacial score (nSPS) is 10.7. The Labute approximate surface area is 135 Å². The molecular formula is C13H12FN7OS. The third-order valence-corrected chi connectivity index (χ3v) is 3.30. The van der Waals surface area contributed by atoms with Crippen molar-refractivity contribution in [3.8, 4) is 11.4 Å². The van der Waals surface area contributed by atoms with E-state index in [9.17, 15) is 9.18 Å². The first-order valence-electron chi connectivity index (χ1n) is 6.61. The average molecular weight is 333 g/mol. The van der Waals surface area contributed by atoms with Gasteiger partial charge in [0.2, 0.25) is 5.91 Å². The first kappa shape index (κ1) is 15.2. The van der Waals surface area contributed by atoms with Crippen LogP contribution in [0.4, 0.5) is 4.39 Å². The molecule has 0 saturated heterocycles. The van der Waals surface area contributed by atoms with Gasteiger partial charge < -0.3 is 5.32 Å². The number of nitrogens with one attached hydrogen (secondary N) is 1. The number of halogens is 1. The van der Waals surface area contributed by atoms with Crippen molar-refractivity contribution in [2.24, 2.45) is 0 Å². The highest BCUT2D eigenvalue weighted by Crippen LogP contribution is 2.16. The van der Waals surface area contributed by atoms with Crippen LogP contribution >= 0.6 is 12.6 Å². The fourth-order valence-corrected chi connectivity index (χ4v) is 2.02. The zero-order chi connectivity index (χ0) is 16.2. The van der Waals surface area contributed by atoms with Crippen LogP contribution < -0.4 is 5.32 Å². The van der Waals surface area contributed by atoms with Gasteiger partial charge in [-0.25, -0.2) is 18.7 Å². The molecule has 3 aromatic rings. The van der Waals surface area contributed by atoms with E-state index < -0.39 is 5.82 Å². The van der Waals surface area contributed by atoms with Crippen LogP contribution in [0.5, 0.6) is 0 Å². The summed E-state index contributed by atoms with van der Waals surface area (Å²) in [5.74, 6) is -0.567. The maximum absolute atomic E-state index is 14.2. The molecule has 0 atom stereocenters. The van der Waals surface area contributed by atoms with Gasteiger partial charge in [0.25, 0.3) is 0 Å². The second-order valence-electron chi connectivity index (χ2n) is 4.57. The molecule has 23 heavy (non-hydrogen) atoms. The lowest BCUT2D eigenvalue weighted by atomic mass is 10.2. The topological polar surface area (TPSA) is 90.5 Å². The van der Waals surface area contributed by atoms with Gasteiger partial charge in [-0.3, -0.25) is 4.79 Å². The van der Waals surface area contributed by atoms with Crippen LogP contribution in [0.25, 0.3) is 11.4 Å². The molecule has 0 saturated carbocycles. The van der Waals surface area contributed by atoms with E-state index in [0.717, 1.165) is 0 Å². The standard InChI is InChI=1S/C13H12FN7OS/c14-11-3-10(1-2-12(11)21-8-15-7-17-21)20-5-9(18-19-20)4-16-13(22)6-23/h1-3,5,7-8,23H,4,6H2,(H,16,22). The van der Waals surface area contributed by atoms with Crippen molar-refractivity contribution in [3.05, 3.63) is 48.6 Å². The molecule has 10 heteroatoms. The Bertz CT molecular complexity index is 818. The number of nitrogens with zero attached hydrogens (tertiary/aromatic N) is 6. The van der Waals surface area contributed by atoms with E-state index in [1.54, 1.807) is 18.3 Å². The van der Waals surface area contributed by atoms with Crippen LogP contribution in [-0.2, 0) is 11.3 Å². The Balaban J connectivity index is 1.79. The number of carbonyl (C=O) groups excluding carboxylic acids is 1. The smallest absolute Gasteiger partial charge is 0.230 e. The molecule has 1 aromatic carbocycles. The van der Waals surface area contributed by atoms with Crippen LogP contribution in [0, 0.1) is 5.82 Å². The number of hydrogen-bond donors (Lipinski definition) is 2. The van der Waals surface area contributed by atoms with Crippen LogP contribution in [0.2, 0.25) is 0 Å². The van der Waals surface area contributed by atoms with Gasteiger partial charge in [0, 0.05) is 6.07 Å². The van der Waals surface area contributed by atoms with Crippen LogP contribution in [0.1, 0.15) is 5.69 Å². The lowest BCUT2D eigenvalue weighted by Gasteiger charge is -2.05. The van der Waals surface area contributed by atoms with Crippen molar-refractivity contribution >= 4 is 18.5 Å². The average Bonchev–Trinajstić information content (AvgIpc) is 3.24. The molecule has 0 spiro atoms. The van der Waals surface area contributed by atoms with E-state index >= 15 is 0 Å². The minimum Gasteiger partial charge on any atom is -0.350 e. The maximum Gasteiger partial charge on any atom is 0.230 e. The predicted octanol–water partition coefficient (Wildman–Crippen LogP) is 0.533. The van der Waals surface area contributed by atoms with Crippen LogP contribution in [0.3, 0.4) is 0 Å². The summed E-state index contributed by atoms with van der Waals surface area (Å²) in [5.41, 5.74) is 1.35. The molecule has 0 radical (unpaired) electrons. The summed E-state index contributed by atoms with van der Waals surface area (Å²) in [6, 6.07) is 4.58. The zero-order valence-corrected chi connectivity index (χ0v) is 12.7. The Morgan fingerprint density at radius 1 is 1.35 bits per heavy atom. The van der Waals surface area contributed by atoms with Crippen molar-refractivity contribution in [1.29, 1.82) is 0 Å². The number of aromatic nitrogens is 6. The van der Waals surface area contributed by atoms with Crippen LogP contribution in [0.15, 0.2) is 37.1 Å². The number of thiol groups is 1. The number of amides is 1. The number of hydrogen-bond acceptors (Lipinski definition) is 6. The zero-order valence-electron chi connectivity index (χ0n) is 11.8. The van der Waals surface area contributed by atoms with Crippen molar-refractivity contribution in [3.63, 3.8) is 0 Å². The summed E-state index contributed by atoms with van der Waals surface area (Å²) in [5, 5.41) is 14.4. The summed E-state index contributed by atoms with van der Waals surface area (Å²) in [6.07, 6.45) is 4.36. The number of carbonyl (C=O) groups is 1. The summed E-state index contributed by atoms with van der Waals surface area (Å²) >= 11 is 3.86. The SMILES string of the molecule is O=C(CS)NCc1cn(-c2ccc(-n3cncn3)c(F)c2)nn1. The highest BCUT2D eigenvalue weighted by molar-refractivity contribution is 7.81. The largest absolute Gasteiger partial charge is 0.350 e. The molecule has 8 nitrogen and oxygen atoms in total. The molecule has 1 amide bonds. The second kappa shape index (κ2) is 6.57.